The average Bonchev–Trinajstić information content (AvgIpc) is 2.39. The Morgan fingerprint density at radius 2 is 1.85 bits per heavy atom. The molecule has 2 atom stereocenters. The summed E-state index contributed by atoms with van der Waals surface area (Å²) in [6.45, 7) is 3.94. The highest BCUT2D eigenvalue weighted by Gasteiger charge is 2.25. The number of primary amides is 1. The van der Waals surface area contributed by atoms with Crippen molar-refractivity contribution in [2.75, 3.05) is 13.7 Å². The van der Waals surface area contributed by atoms with Gasteiger partial charge in [-0.2, -0.15) is 0 Å². The Hall–Kier alpha value is -1.83. The van der Waals surface area contributed by atoms with E-state index in [1.54, 1.807) is 0 Å². The van der Waals surface area contributed by atoms with Crippen LogP contribution in [0.1, 0.15) is 26.7 Å². The second-order valence-corrected chi connectivity index (χ2v) is 4.79. The summed E-state index contributed by atoms with van der Waals surface area (Å²) < 4.78 is 4.63. The van der Waals surface area contributed by atoms with E-state index in [1.807, 2.05) is 13.8 Å². The fourth-order valence-corrected chi connectivity index (χ4v) is 1.48. The molecule has 116 valence electrons. The molecule has 8 heteroatoms. The Kier molecular flexibility index (Phi) is 8.30. The topological polar surface area (TPSA) is 137 Å². The molecular weight excluding hydrogens is 264 g/mol. The van der Waals surface area contributed by atoms with E-state index >= 15 is 0 Å². The van der Waals surface area contributed by atoms with Crippen LogP contribution >= 0.6 is 0 Å². The molecule has 0 aromatic carbocycles. The molecular formula is C12H24N4O4. The maximum Gasteiger partial charge on any atom is 0.328 e. The SMILES string of the molecule is COC(=O)[C@H](CCCNC(N)=O)NC(=O)[C@@H](N)C(C)C. The molecule has 0 aromatic heterocycles. The molecule has 0 heterocycles. The monoisotopic (exact) mass is 288 g/mol. The number of ether oxygens (including phenoxy) is 1. The van der Waals surface area contributed by atoms with Crippen LogP contribution in [-0.4, -0.2) is 43.6 Å². The number of hydrogen-bond acceptors (Lipinski definition) is 5. The Bertz CT molecular complexity index is 346. The third-order valence-electron chi connectivity index (χ3n) is 2.79. The first kappa shape index (κ1) is 18.2. The Balaban J connectivity index is 4.39. The fourth-order valence-electron chi connectivity index (χ4n) is 1.48. The van der Waals surface area contributed by atoms with Gasteiger partial charge in [0, 0.05) is 6.54 Å². The van der Waals surface area contributed by atoms with Gasteiger partial charge in [0.1, 0.15) is 6.04 Å². The summed E-state index contributed by atoms with van der Waals surface area (Å²) in [4.78, 5) is 33.9. The number of esters is 1. The molecule has 0 saturated carbocycles. The summed E-state index contributed by atoms with van der Waals surface area (Å²) in [6, 6.07) is -2.11. The van der Waals surface area contributed by atoms with Crippen LogP contribution in [0.5, 0.6) is 0 Å². The quantitative estimate of drug-likeness (QED) is 0.338. The van der Waals surface area contributed by atoms with Crippen molar-refractivity contribution in [2.24, 2.45) is 17.4 Å². The highest BCUT2D eigenvalue weighted by Crippen LogP contribution is 2.03. The molecule has 0 radical (unpaired) electrons. The lowest BCUT2D eigenvalue weighted by Gasteiger charge is -2.20. The molecule has 0 bridgehead atoms. The van der Waals surface area contributed by atoms with Crippen molar-refractivity contribution in [3.63, 3.8) is 0 Å². The lowest BCUT2D eigenvalue weighted by atomic mass is 10.0. The fraction of sp³-hybridized carbons (Fsp3) is 0.750. The predicted molar refractivity (Wildman–Crippen MR) is 73.6 cm³/mol. The molecule has 0 unspecified atom stereocenters. The molecule has 0 fully saturated rings. The zero-order valence-electron chi connectivity index (χ0n) is 12.1. The highest BCUT2D eigenvalue weighted by atomic mass is 16.5. The van der Waals surface area contributed by atoms with Crippen LogP contribution in [0.15, 0.2) is 0 Å². The van der Waals surface area contributed by atoms with Crippen LogP contribution in [0.25, 0.3) is 0 Å². The van der Waals surface area contributed by atoms with Gasteiger partial charge in [-0.15, -0.1) is 0 Å². The summed E-state index contributed by atoms with van der Waals surface area (Å²) >= 11 is 0. The van der Waals surface area contributed by atoms with Gasteiger partial charge in [0.05, 0.1) is 13.2 Å². The molecule has 8 nitrogen and oxygen atoms in total. The first-order valence-corrected chi connectivity index (χ1v) is 6.46. The van der Waals surface area contributed by atoms with Crippen molar-refractivity contribution in [2.45, 2.75) is 38.8 Å². The van der Waals surface area contributed by atoms with Crippen molar-refractivity contribution in [3.8, 4) is 0 Å². The largest absolute Gasteiger partial charge is 0.467 e. The number of rotatable bonds is 8. The summed E-state index contributed by atoms with van der Waals surface area (Å²) in [5.41, 5.74) is 10.6. The van der Waals surface area contributed by atoms with Crippen LogP contribution in [0.2, 0.25) is 0 Å². The second-order valence-electron chi connectivity index (χ2n) is 4.79. The number of amides is 3. The van der Waals surface area contributed by atoms with Gasteiger partial charge < -0.3 is 26.8 Å². The van der Waals surface area contributed by atoms with Gasteiger partial charge in [-0.05, 0) is 18.8 Å². The lowest BCUT2D eigenvalue weighted by molar-refractivity contribution is -0.145. The van der Waals surface area contributed by atoms with E-state index in [4.69, 9.17) is 11.5 Å². The number of urea groups is 1. The third kappa shape index (κ3) is 6.93. The minimum absolute atomic E-state index is 0.0372. The van der Waals surface area contributed by atoms with Crippen LogP contribution in [0.3, 0.4) is 0 Å². The van der Waals surface area contributed by atoms with E-state index in [-0.39, 0.29) is 5.92 Å². The number of methoxy groups -OCH3 is 1. The Morgan fingerprint density at radius 1 is 1.25 bits per heavy atom. The number of carbonyl (C=O) groups excluding carboxylic acids is 3. The zero-order valence-corrected chi connectivity index (χ0v) is 12.1. The third-order valence-corrected chi connectivity index (χ3v) is 2.79. The van der Waals surface area contributed by atoms with Crippen molar-refractivity contribution >= 4 is 17.9 Å². The summed E-state index contributed by atoms with van der Waals surface area (Å²) in [5, 5.41) is 4.96. The second kappa shape index (κ2) is 9.13. The van der Waals surface area contributed by atoms with Gasteiger partial charge in [-0.3, -0.25) is 4.79 Å². The molecule has 0 rings (SSSR count). The van der Waals surface area contributed by atoms with Gasteiger partial charge in [-0.25, -0.2) is 9.59 Å². The molecule has 0 aliphatic heterocycles. The van der Waals surface area contributed by atoms with Gasteiger partial charge in [0.15, 0.2) is 0 Å². The van der Waals surface area contributed by atoms with E-state index in [0.717, 1.165) is 0 Å². The number of hydrogen-bond donors (Lipinski definition) is 4. The average molecular weight is 288 g/mol. The van der Waals surface area contributed by atoms with Crippen LogP contribution in [0.4, 0.5) is 4.79 Å². The molecule has 0 aliphatic carbocycles. The lowest BCUT2D eigenvalue weighted by Crippen LogP contribution is -2.50. The molecule has 0 spiro atoms. The van der Waals surface area contributed by atoms with Crippen molar-refractivity contribution in [1.82, 2.24) is 10.6 Å². The summed E-state index contributed by atoms with van der Waals surface area (Å²) in [7, 11) is 1.24. The molecule has 0 saturated heterocycles. The van der Waals surface area contributed by atoms with Gasteiger partial charge in [0.25, 0.3) is 0 Å². The Morgan fingerprint density at radius 3 is 2.30 bits per heavy atom. The normalized spacial score (nSPS) is 13.4. The van der Waals surface area contributed by atoms with Crippen LogP contribution in [-0.2, 0) is 14.3 Å². The van der Waals surface area contributed by atoms with E-state index in [0.29, 0.717) is 19.4 Å². The summed E-state index contributed by atoms with van der Waals surface area (Å²) in [5.74, 6) is -0.989. The van der Waals surface area contributed by atoms with Crippen LogP contribution < -0.4 is 22.1 Å². The number of carbonyl (C=O) groups is 3. The first-order chi connectivity index (χ1) is 9.29. The number of nitrogens with one attached hydrogen (secondary N) is 2. The standard InChI is InChI=1S/C12H24N4O4/c1-7(2)9(13)10(17)16-8(11(18)20-3)5-4-6-15-12(14)19/h7-9H,4-6,13H2,1-3H3,(H,16,17)(H3,14,15,19)/t8-,9-/m0/s1. The molecule has 0 aliphatic rings. The minimum atomic E-state index is -0.785. The van der Waals surface area contributed by atoms with Gasteiger partial charge in [-0.1, -0.05) is 13.8 Å². The van der Waals surface area contributed by atoms with E-state index in [9.17, 15) is 14.4 Å². The van der Waals surface area contributed by atoms with Crippen molar-refractivity contribution in [1.29, 1.82) is 0 Å². The maximum absolute atomic E-state index is 11.8. The molecule has 0 aromatic rings. The van der Waals surface area contributed by atoms with Crippen LogP contribution in [0, 0.1) is 5.92 Å². The van der Waals surface area contributed by atoms with Crippen molar-refractivity contribution in [3.05, 3.63) is 0 Å². The van der Waals surface area contributed by atoms with Gasteiger partial charge >= 0.3 is 12.0 Å². The van der Waals surface area contributed by atoms with Crippen molar-refractivity contribution < 1.29 is 19.1 Å². The van der Waals surface area contributed by atoms with Gasteiger partial charge in [0.2, 0.25) is 5.91 Å². The zero-order chi connectivity index (χ0) is 15.7. The molecule has 6 N–H and O–H groups in total. The van der Waals surface area contributed by atoms with E-state index < -0.39 is 30.0 Å². The smallest absolute Gasteiger partial charge is 0.328 e. The predicted octanol–water partition coefficient (Wildman–Crippen LogP) is -0.924. The van der Waals surface area contributed by atoms with E-state index in [1.165, 1.54) is 7.11 Å². The maximum atomic E-state index is 11.8. The minimum Gasteiger partial charge on any atom is -0.467 e. The summed E-state index contributed by atoms with van der Waals surface area (Å²) in [6.07, 6.45) is 0.795. The molecule has 3 amide bonds. The van der Waals surface area contributed by atoms with E-state index in [2.05, 4.69) is 15.4 Å². The number of nitrogens with two attached hydrogens (primary N) is 2. The first-order valence-electron chi connectivity index (χ1n) is 6.46. The molecule has 20 heavy (non-hydrogen) atoms. The highest BCUT2D eigenvalue weighted by molar-refractivity contribution is 5.87. The Labute approximate surface area is 118 Å².